The zero-order valence-electron chi connectivity index (χ0n) is 10.3. The molecular formula is C12H20N4O. The van der Waals surface area contributed by atoms with Crippen LogP contribution in [0.15, 0.2) is 12.4 Å². The lowest BCUT2D eigenvalue weighted by atomic mass is 10.2. The molecule has 5 nitrogen and oxygen atoms in total. The van der Waals surface area contributed by atoms with Crippen LogP contribution in [0.25, 0.3) is 0 Å². The highest BCUT2D eigenvalue weighted by molar-refractivity contribution is 5.36. The zero-order valence-corrected chi connectivity index (χ0v) is 10.3. The molecular weight excluding hydrogens is 216 g/mol. The van der Waals surface area contributed by atoms with Gasteiger partial charge >= 0.3 is 0 Å². The van der Waals surface area contributed by atoms with Gasteiger partial charge in [-0.05, 0) is 12.8 Å². The van der Waals surface area contributed by atoms with E-state index in [1.54, 1.807) is 12.4 Å². The first kappa shape index (κ1) is 12.3. The van der Waals surface area contributed by atoms with E-state index in [1.807, 2.05) is 0 Å². The summed E-state index contributed by atoms with van der Waals surface area (Å²) in [7, 11) is 0. The van der Waals surface area contributed by atoms with E-state index in [0.29, 0.717) is 12.6 Å². The summed E-state index contributed by atoms with van der Waals surface area (Å²) in [6.07, 6.45) is 5.87. The molecule has 0 aromatic carbocycles. The predicted octanol–water partition coefficient (Wildman–Crippen LogP) is 0.941. The Labute approximate surface area is 102 Å². The Kier molecular flexibility index (Phi) is 4.28. The molecule has 0 spiro atoms. The van der Waals surface area contributed by atoms with E-state index in [-0.39, 0.29) is 0 Å². The minimum absolute atomic E-state index is 0.292. The van der Waals surface area contributed by atoms with Gasteiger partial charge in [-0.15, -0.1) is 0 Å². The highest BCUT2D eigenvalue weighted by Gasteiger charge is 2.18. The van der Waals surface area contributed by atoms with Crippen molar-refractivity contribution in [1.82, 2.24) is 9.97 Å². The van der Waals surface area contributed by atoms with Crippen molar-refractivity contribution in [3.05, 3.63) is 18.1 Å². The normalized spacial score (nSPS) is 21.3. The van der Waals surface area contributed by atoms with E-state index >= 15 is 0 Å². The first-order valence-electron chi connectivity index (χ1n) is 6.21. The molecule has 1 aliphatic heterocycles. The molecule has 1 atom stereocenters. The van der Waals surface area contributed by atoms with Crippen molar-refractivity contribution in [2.24, 2.45) is 5.73 Å². The van der Waals surface area contributed by atoms with Crippen LogP contribution in [0.2, 0.25) is 0 Å². The van der Waals surface area contributed by atoms with E-state index in [9.17, 15) is 0 Å². The number of nitrogens with zero attached hydrogens (tertiary/aromatic N) is 3. The summed E-state index contributed by atoms with van der Waals surface area (Å²) in [6.45, 7) is 5.27. The van der Waals surface area contributed by atoms with Gasteiger partial charge in [-0.3, -0.25) is 4.98 Å². The van der Waals surface area contributed by atoms with Crippen LogP contribution < -0.4 is 10.6 Å². The maximum atomic E-state index is 5.75. The van der Waals surface area contributed by atoms with Gasteiger partial charge < -0.3 is 15.4 Å². The van der Waals surface area contributed by atoms with Crippen LogP contribution >= 0.6 is 0 Å². The minimum Gasteiger partial charge on any atom is -0.376 e. The van der Waals surface area contributed by atoms with Gasteiger partial charge in [0.05, 0.1) is 18.0 Å². The van der Waals surface area contributed by atoms with Crippen molar-refractivity contribution >= 4 is 5.82 Å². The fraction of sp³-hybridized carbons (Fsp3) is 0.667. The molecule has 1 fully saturated rings. The van der Waals surface area contributed by atoms with Crippen molar-refractivity contribution in [2.75, 3.05) is 24.6 Å². The number of nitrogens with two attached hydrogens (primary N) is 1. The Balaban J connectivity index is 2.13. The molecule has 1 unspecified atom stereocenters. The first-order chi connectivity index (χ1) is 8.33. The highest BCUT2D eigenvalue weighted by Crippen LogP contribution is 2.16. The Morgan fingerprint density at radius 2 is 2.41 bits per heavy atom. The summed E-state index contributed by atoms with van der Waals surface area (Å²) < 4.78 is 5.75. The van der Waals surface area contributed by atoms with Gasteiger partial charge in [-0.1, -0.05) is 6.92 Å². The van der Waals surface area contributed by atoms with Crippen LogP contribution in [-0.2, 0) is 11.3 Å². The number of rotatable bonds is 3. The average molecular weight is 236 g/mol. The van der Waals surface area contributed by atoms with Gasteiger partial charge in [-0.25, -0.2) is 4.98 Å². The number of hydrogen-bond donors (Lipinski definition) is 1. The Bertz CT molecular complexity index is 358. The van der Waals surface area contributed by atoms with E-state index in [1.165, 1.54) is 0 Å². The topological polar surface area (TPSA) is 64.3 Å². The number of ether oxygens (including phenoxy) is 1. The minimum atomic E-state index is 0.292. The third-order valence-electron chi connectivity index (χ3n) is 3.01. The Morgan fingerprint density at radius 3 is 3.18 bits per heavy atom. The van der Waals surface area contributed by atoms with E-state index in [0.717, 1.165) is 44.0 Å². The summed E-state index contributed by atoms with van der Waals surface area (Å²) in [5.74, 6) is 0.914. The van der Waals surface area contributed by atoms with Crippen LogP contribution in [0, 0.1) is 0 Å². The van der Waals surface area contributed by atoms with Crippen LogP contribution in [0.4, 0.5) is 5.82 Å². The first-order valence-corrected chi connectivity index (χ1v) is 6.21. The summed E-state index contributed by atoms with van der Waals surface area (Å²) in [5, 5.41) is 0. The fourth-order valence-corrected chi connectivity index (χ4v) is 2.00. The second-order valence-corrected chi connectivity index (χ2v) is 4.27. The number of anilines is 1. The molecule has 0 saturated carbocycles. The van der Waals surface area contributed by atoms with Gasteiger partial charge in [0, 0.05) is 32.4 Å². The molecule has 0 aliphatic carbocycles. The van der Waals surface area contributed by atoms with Crippen LogP contribution in [-0.4, -0.2) is 35.8 Å². The summed E-state index contributed by atoms with van der Waals surface area (Å²) in [4.78, 5) is 10.9. The van der Waals surface area contributed by atoms with E-state index in [2.05, 4.69) is 21.8 Å². The third-order valence-corrected chi connectivity index (χ3v) is 3.01. The lowest BCUT2D eigenvalue weighted by Crippen LogP contribution is -2.32. The molecule has 0 amide bonds. The monoisotopic (exact) mass is 236 g/mol. The second kappa shape index (κ2) is 5.93. The molecule has 17 heavy (non-hydrogen) atoms. The quantitative estimate of drug-likeness (QED) is 0.846. The van der Waals surface area contributed by atoms with Crippen LogP contribution in [0.5, 0.6) is 0 Å². The van der Waals surface area contributed by atoms with Crippen molar-refractivity contribution in [1.29, 1.82) is 0 Å². The Hall–Kier alpha value is -1.20. The maximum absolute atomic E-state index is 5.75. The standard InChI is InChI=1S/C12H20N4O/c1-2-11-9-16(4-3-5-17-11)12-8-14-7-10(6-13)15-12/h7-8,11H,2-6,9,13H2,1H3. The van der Waals surface area contributed by atoms with Crippen LogP contribution in [0.3, 0.4) is 0 Å². The van der Waals surface area contributed by atoms with Crippen molar-refractivity contribution in [2.45, 2.75) is 32.4 Å². The van der Waals surface area contributed by atoms with E-state index in [4.69, 9.17) is 10.5 Å². The molecule has 2 rings (SSSR count). The molecule has 1 saturated heterocycles. The third kappa shape index (κ3) is 3.14. The van der Waals surface area contributed by atoms with Crippen molar-refractivity contribution < 1.29 is 4.74 Å². The van der Waals surface area contributed by atoms with E-state index < -0.39 is 0 Å². The van der Waals surface area contributed by atoms with Gasteiger partial charge in [-0.2, -0.15) is 0 Å². The molecule has 2 heterocycles. The number of aromatic nitrogens is 2. The molecule has 1 aliphatic rings. The summed E-state index contributed by atoms with van der Waals surface area (Å²) >= 11 is 0. The van der Waals surface area contributed by atoms with Gasteiger partial charge in [0.15, 0.2) is 0 Å². The van der Waals surface area contributed by atoms with Gasteiger partial charge in [0.2, 0.25) is 0 Å². The largest absolute Gasteiger partial charge is 0.376 e. The lowest BCUT2D eigenvalue weighted by molar-refractivity contribution is 0.0664. The molecule has 1 aromatic heterocycles. The highest BCUT2D eigenvalue weighted by atomic mass is 16.5. The average Bonchev–Trinajstić information content (AvgIpc) is 2.64. The molecule has 2 N–H and O–H groups in total. The molecule has 1 aromatic rings. The zero-order chi connectivity index (χ0) is 12.1. The second-order valence-electron chi connectivity index (χ2n) is 4.27. The summed E-state index contributed by atoms with van der Waals surface area (Å²) in [6, 6.07) is 0. The Morgan fingerprint density at radius 1 is 1.53 bits per heavy atom. The molecule has 5 heteroatoms. The molecule has 94 valence electrons. The van der Waals surface area contributed by atoms with Crippen molar-refractivity contribution in [3.63, 3.8) is 0 Å². The SMILES string of the molecule is CCC1CN(c2cncc(CN)n2)CCCO1. The van der Waals surface area contributed by atoms with Gasteiger partial charge in [0.25, 0.3) is 0 Å². The van der Waals surface area contributed by atoms with Gasteiger partial charge in [0.1, 0.15) is 5.82 Å². The molecule has 0 radical (unpaired) electrons. The maximum Gasteiger partial charge on any atom is 0.147 e. The summed E-state index contributed by atoms with van der Waals surface area (Å²) in [5.41, 5.74) is 6.42. The van der Waals surface area contributed by atoms with Crippen molar-refractivity contribution in [3.8, 4) is 0 Å². The number of hydrogen-bond acceptors (Lipinski definition) is 5. The smallest absolute Gasteiger partial charge is 0.147 e. The molecule has 0 bridgehead atoms. The lowest BCUT2D eigenvalue weighted by Gasteiger charge is -2.24. The van der Waals surface area contributed by atoms with Crippen LogP contribution in [0.1, 0.15) is 25.5 Å². The fourth-order valence-electron chi connectivity index (χ4n) is 2.00. The predicted molar refractivity (Wildman–Crippen MR) is 66.8 cm³/mol.